The zero-order valence-electron chi connectivity index (χ0n) is 18.2. The van der Waals surface area contributed by atoms with Gasteiger partial charge < -0.3 is 15.0 Å². The summed E-state index contributed by atoms with van der Waals surface area (Å²) < 4.78 is 33.5. The van der Waals surface area contributed by atoms with Gasteiger partial charge >= 0.3 is 0 Å². The average molecular weight is 447 g/mol. The Morgan fingerprint density at radius 1 is 1.10 bits per heavy atom. The molecule has 2 N–H and O–H groups in total. The molecule has 0 unspecified atom stereocenters. The molecule has 0 spiro atoms. The minimum absolute atomic E-state index is 0.195. The predicted octanol–water partition coefficient (Wildman–Crippen LogP) is 2.06. The fraction of sp³-hybridized carbons (Fsp3) is 0.409. The summed E-state index contributed by atoms with van der Waals surface area (Å²) in [6, 6.07) is 12.8. The van der Waals surface area contributed by atoms with E-state index in [2.05, 4.69) is 25.9 Å². The van der Waals surface area contributed by atoms with Gasteiger partial charge in [0, 0.05) is 51.9 Å². The van der Waals surface area contributed by atoms with E-state index >= 15 is 0 Å². The molecule has 0 aliphatic carbocycles. The van der Waals surface area contributed by atoms with Crippen LogP contribution in [0.2, 0.25) is 0 Å². The summed E-state index contributed by atoms with van der Waals surface area (Å²) >= 11 is 0. The molecule has 0 bridgehead atoms. The zero-order valence-corrected chi connectivity index (χ0v) is 19.0. The van der Waals surface area contributed by atoms with Crippen LogP contribution >= 0.6 is 0 Å². The largest absolute Gasteiger partial charge is 0.495 e. The number of aryl methyl sites for hydroxylation is 1. The normalized spacial score (nSPS) is 15.0. The Labute approximate surface area is 184 Å². The maximum absolute atomic E-state index is 12.7. The summed E-state index contributed by atoms with van der Waals surface area (Å²) in [6.07, 6.45) is 0. The fourth-order valence-corrected chi connectivity index (χ4v) is 5.00. The number of hydrogen-bond acceptors (Lipinski definition) is 6. The molecule has 0 atom stereocenters. The van der Waals surface area contributed by atoms with Crippen LogP contribution < -0.4 is 19.7 Å². The third-order valence-electron chi connectivity index (χ3n) is 5.30. The third kappa shape index (κ3) is 5.96. The van der Waals surface area contributed by atoms with Crippen LogP contribution in [0.25, 0.3) is 0 Å². The number of anilines is 2. The lowest BCUT2D eigenvalue weighted by Crippen LogP contribution is -2.48. The summed E-state index contributed by atoms with van der Waals surface area (Å²) in [7, 11) is -1.94. The highest BCUT2D eigenvalue weighted by atomic mass is 32.2. The maximum atomic E-state index is 12.7. The van der Waals surface area contributed by atoms with Crippen LogP contribution in [0.1, 0.15) is 12.5 Å². The topological polar surface area (TPSA) is 91.0 Å². The van der Waals surface area contributed by atoms with Gasteiger partial charge in [0.1, 0.15) is 5.75 Å². The molecule has 3 rings (SSSR count). The Balaban J connectivity index is 1.51. The standard InChI is InChI=1S/C22H30N4O4S/c1-17-16-19(24-18(2)27)8-9-22(17)31(28,29)23-10-11-25-12-14-26(15-13-25)20-6-4-5-7-21(20)30-3/h4-9,16,23H,10-15H2,1-3H3,(H,24,27). The van der Waals surface area contributed by atoms with Crippen molar-refractivity contribution in [2.75, 3.05) is 56.6 Å². The number of carbonyl (C=O) groups is 1. The number of benzene rings is 2. The number of carbonyl (C=O) groups excluding carboxylic acids is 1. The molecule has 1 saturated heterocycles. The highest BCUT2D eigenvalue weighted by Gasteiger charge is 2.21. The lowest BCUT2D eigenvalue weighted by Gasteiger charge is -2.36. The molecule has 1 aliphatic rings. The molecule has 8 nitrogen and oxygen atoms in total. The van der Waals surface area contributed by atoms with Crippen LogP contribution in [0.5, 0.6) is 5.75 Å². The van der Waals surface area contributed by atoms with Crippen molar-refractivity contribution in [3.8, 4) is 5.75 Å². The van der Waals surface area contributed by atoms with Crippen LogP contribution in [-0.4, -0.2) is 65.6 Å². The van der Waals surface area contributed by atoms with Gasteiger partial charge in [-0.05, 0) is 42.8 Å². The van der Waals surface area contributed by atoms with Gasteiger partial charge in [-0.3, -0.25) is 9.69 Å². The first-order valence-corrected chi connectivity index (χ1v) is 11.8. The minimum Gasteiger partial charge on any atom is -0.495 e. The first kappa shape index (κ1) is 23.1. The van der Waals surface area contributed by atoms with E-state index in [1.807, 2.05) is 18.2 Å². The molecule has 0 aromatic heterocycles. The van der Waals surface area contributed by atoms with Crippen LogP contribution in [0.15, 0.2) is 47.4 Å². The molecular formula is C22H30N4O4S. The van der Waals surface area contributed by atoms with Crippen molar-refractivity contribution in [1.29, 1.82) is 0 Å². The Morgan fingerprint density at radius 3 is 2.45 bits per heavy atom. The fourth-order valence-electron chi connectivity index (χ4n) is 3.75. The van der Waals surface area contributed by atoms with Crippen molar-refractivity contribution < 1.29 is 17.9 Å². The van der Waals surface area contributed by atoms with Gasteiger partial charge in [0.2, 0.25) is 15.9 Å². The van der Waals surface area contributed by atoms with Gasteiger partial charge in [0.25, 0.3) is 0 Å². The molecule has 2 aromatic rings. The first-order valence-electron chi connectivity index (χ1n) is 10.3. The molecule has 1 heterocycles. The van der Waals surface area contributed by atoms with Crippen LogP contribution in [-0.2, 0) is 14.8 Å². The lowest BCUT2D eigenvalue weighted by atomic mass is 10.2. The smallest absolute Gasteiger partial charge is 0.240 e. The molecule has 0 radical (unpaired) electrons. The molecular weight excluding hydrogens is 416 g/mol. The van der Waals surface area contributed by atoms with Gasteiger partial charge in [-0.25, -0.2) is 13.1 Å². The number of hydrogen-bond donors (Lipinski definition) is 2. The molecule has 31 heavy (non-hydrogen) atoms. The number of nitrogens with one attached hydrogen (secondary N) is 2. The molecule has 1 amide bonds. The minimum atomic E-state index is -3.62. The van der Waals surface area contributed by atoms with Crippen molar-refractivity contribution >= 4 is 27.3 Å². The third-order valence-corrected chi connectivity index (χ3v) is 6.92. The summed E-state index contributed by atoms with van der Waals surface area (Å²) in [5.74, 6) is 0.669. The summed E-state index contributed by atoms with van der Waals surface area (Å²) in [5.41, 5.74) is 2.25. The van der Waals surface area contributed by atoms with Gasteiger partial charge in [0.05, 0.1) is 17.7 Å². The predicted molar refractivity (Wildman–Crippen MR) is 122 cm³/mol. The number of piperazine rings is 1. The molecule has 1 fully saturated rings. The molecule has 9 heteroatoms. The SMILES string of the molecule is COc1ccccc1N1CCN(CCNS(=O)(=O)c2ccc(NC(C)=O)cc2C)CC1. The Morgan fingerprint density at radius 2 is 1.81 bits per heavy atom. The van der Waals surface area contributed by atoms with Crippen molar-refractivity contribution in [1.82, 2.24) is 9.62 Å². The second-order valence-corrected chi connectivity index (χ2v) is 9.30. The van der Waals surface area contributed by atoms with E-state index in [1.165, 1.54) is 13.0 Å². The Hall–Kier alpha value is -2.62. The summed E-state index contributed by atoms with van der Waals surface area (Å²) in [5, 5.41) is 2.66. The Kier molecular flexibility index (Phi) is 7.53. The van der Waals surface area contributed by atoms with E-state index in [1.54, 1.807) is 26.2 Å². The number of nitrogens with zero attached hydrogens (tertiary/aromatic N) is 2. The summed E-state index contributed by atoms with van der Waals surface area (Å²) in [4.78, 5) is 15.9. The second kappa shape index (κ2) is 10.1. The highest BCUT2D eigenvalue weighted by Crippen LogP contribution is 2.28. The number of methoxy groups -OCH3 is 1. The van der Waals surface area contributed by atoms with Gasteiger partial charge in [0.15, 0.2) is 0 Å². The van der Waals surface area contributed by atoms with Crippen molar-refractivity contribution in [3.05, 3.63) is 48.0 Å². The number of sulfonamides is 1. The van der Waals surface area contributed by atoms with Gasteiger partial charge in [-0.15, -0.1) is 0 Å². The summed E-state index contributed by atoms with van der Waals surface area (Å²) in [6.45, 7) is 7.53. The molecule has 168 valence electrons. The number of rotatable bonds is 8. The monoisotopic (exact) mass is 446 g/mol. The van der Waals surface area contributed by atoms with Crippen LogP contribution in [0.4, 0.5) is 11.4 Å². The number of ether oxygens (including phenoxy) is 1. The van der Waals surface area contributed by atoms with Gasteiger partial charge in [-0.1, -0.05) is 12.1 Å². The molecule has 1 aliphatic heterocycles. The van der Waals surface area contributed by atoms with E-state index in [0.717, 1.165) is 37.6 Å². The van der Waals surface area contributed by atoms with E-state index < -0.39 is 10.0 Å². The van der Waals surface area contributed by atoms with Crippen molar-refractivity contribution in [2.24, 2.45) is 0 Å². The van der Waals surface area contributed by atoms with E-state index in [4.69, 9.17) is 4.74 Å². The van der Waals surface area contributed by atoms with Crippen LogP contribution in [0.3, 0.4) is 0 Å². The lowest BCUT2D eigenvalue weighted by molar-refractivity contribution is -0.114. The quantitative estimate of drug-likeness (QED) is 0.645. The molecule has 0 saturated carbocycles. The van der Waals surface area contributed by atoms with Crippen molar-refractivity contribution in [3.63, 3.8) is 0 Å². The Bertz CT molecular complexity index is 1020. The number of para-hydroxylation sites is 2. The zero-order chi connectivity index (χ0) is 22.4. The first-order chi connectivity index (χ1) is 14.8. The number of amides is 1. The van der Waals surface area contributed by atoms with Gasteiger partial charge in [-0.2, -0.15) is 0 Å². The van der Waals surface area contributed by atoms with Crippen molar-refractivity contribution in [2.45, 2.75) is 18.7 Å². The van der Waals surface area contributed by atoms with E-state index in [-0.39, 0.29) is 10.8 Å². The van der Waals surface area contributed by atoms with E-state index in [0.29, 0.717) is 24.3 Å². The van der Waals surface area contributed by atoms with Crippen LogP contribution in [0, 0.1) is 6.92 Å². The maximum Gasteiger partial charge on any atom is 0.240 e. The molecule has 2 aromatic carbocycles. The highest BCUT2D eigenvalue weighted by molar-refractivity contribution is 7.89. The second-order valence-electron chi connectivity index (χ2n) is 7.56. The van der Waals surface area contributed by atoms with E-state index in [9.17, 15) is 13.2 Å². The average Bonchev–Trinajstić information content (AvgIpc) is 2.73.